The Morgan fingerprint density at radius 3 is 2.68 bits per heavy atom. The molecule has 0 spiro atoms. The van der Waals surface area contributed by atoms with Gasteiger partial charge in [0.2, 0.25) is 0 Å². The Labute approximate surface area is 121 Å². The van der Waals surface area contributed by atoms with Crippen LogP contribution in [0.4, 0.5) is 4.39 Å². The van der Waals surface area contributed by atoms with E-state index in [4.69, 9.17) is 23.2 Å². The molecule has 98 valence electrons. The highest BCUT2D eigenvalue weighted by atomic mass is 35.5. The lowest BCUT2D eigenvalue weighted by Crippen LogP contribution is -2.07. The van der Waals surface area contributed by atoms with Crippen molar-refractivity contribution in [1.82, 2.24) is 0 Å². The van der Waals surface area contributed by atoms with E-state index in [2.05, 4.69) is 0 Å². The molecule has 2 aromatic rings. The standard InChI is InChI=1S/C15H11Cl2FO/c1-9-5-6-13(18)11(7-9)14(19)8-10-3-2-4-12(16)15(10)17/h2-7H,8H2,1H3. The average molecular weight is 297 g/mol. The van der Waals surface area contributed by atoms with Crippen LogP contribution in [-0.4, -0.2) is 5.78 Å². The molecule has 0 aliphatic carbocycles. The van der Waals surface area contributed by atoms with Crippen molar-refractivity contribution in [2.24, 2.45) is 0 Å². The molecule has 0 heterocycles. The smallest absolute Gasteiger partial charge is 0.170 e. The normalized spacial score (nSPS) is 10.5. The van der Waals surface area contributed by atoms with Gasteiger partial charge in [-0.25, -0.2) is 4.39 Å². The summed E-state index contributed by atoms with van der Waals surface area (Å²) in [5, 5.41) is 0.724. The van der Waals surface area contributed by atoms with E-state index in [0.29, 0.717) is 15.6 Å². The van der Waals surface area contributed by atoms with Gasteiger partial charge < -0.3 is 0 Å². The number of halogens is 3. The largest absolute Gasteiger partial charge is 0.294 e. The van der Waals surface area contributed by atoms with E-state index in [1.807, 2.05) is 6.92 Å². The Bertz CT molecular complexity index is 638. The lowest BCUT2D eigenvalue weighted by atomic mass is 10.0. The van der Waals surface area contributed by atoms with Crippen molar-refractivity contribution < 1.29 is 9.18 Å². The number of benzene rings is 2. The van der Waals surface area contributed by atoms with Gasteiger partial charge in [0.1, 0.15) is 5.82 Å². The van der Waals surface area contributed by atoms with E-state index in [1.54, 1.807) is 24.3 Å². The van der Waals surface area contributed by atoms with Crippen LogP contribution >= 0.6 is 23.2 Å². The molecule has 4 heteroatoms. The molecule has 0 aliphatic heterocycles. The number of aryl methyl sites for hydroxylation is 1. The molecule has 0 N–H and O–H groups in total. The van der Waals surface area contributed by atoms with Gasteiger partial charge in [0.15, 0.2) is 5.78 Å². The second-order valence-electron chi connectivity index (χ2n) is 4.30. The van der Waals surface area contributed by atoms with Crippen LogP contribution in [0.2, 0.25) is 10.0 Å². The van der Waals surface area contributed by atoms with Crippen LogP contribution in [0.15, 0.2) is 36.4 Å². The summed E-state index contributed by atoms with van der Waals surface area (Å²) >= 11 is 11.9. The number of ketones is 1. The molecule has 0 aliphatic rings. The summed E-state index contributed by atoms with van der Waals surface area (Å²) in [5.41, 5.74) is 1.51. The van der Waals surface area contributed by atoms with Gasteiger partial charge in [0.25, 0.3) is 0 Å². The van der Waals surface area contributed by atoms with Crippen LogP contribution in [0.5, 0.6) is 0 Å². The van der Waals surface area contributed by atoms with Gasteiger partial charge in [0, 0.05) is 6.42 Å². The first-order chi connectivity index (χ1) is 8.99. The summed E-state index contributed by atoms with van der Waals surface area (Å²) in [6.45, 7) is 1.81. The predicted octanol–water partition coefficient (Wildman–Crippen LogP) is 4.87. The van der Waals surface area contributed by atoms with Gasteiger partial charge >= 0.3 is 0 Å². The Hall–Kier alpha value is -1.38. The molecule has 0 atom stereocenters. The Morgan fingerprint density at radius 1 is 1.21 bits per heavy atom. The number of hydrogen-bond donors (Lipinski definition) is 0. The zero-order valence-corrected chi connectivity index (χ0v) is 11.7. The highest BCUT2D eigenvalue weighted by Gasteiger charge is 2.15. The molecule has 0 radical (unpaired) electrons. The summed E-state index contributed by atoms with van der Waals surface area (Å²) in [7, 11) is 0. The van der Waals surface area contributed by atoms with Crippen LogP contribution in [-0.2, 0) is 6.42 Å². The van der Waals surface area contributed by atoms with E-state index in [0.717, 1.165) is 5.56 Å². The molecule has 0 amide bonds. The number of carbonyl (C=O) groups excluding carboxylic acids is 1. The first kappa shape index (κ1) is 14.0. The van der Waals surface area contributed by atoms with Crippen molar-refractivity contribution in [2.75, 3.05) is 0 Å². The zero-order valence-electron chi connectivity index (χ0n) is 10.2. The Kier molecular flexibility index (Phi) is 4.23. The highest BCUT2D eigenvalue weighted by molar-refractivity contribution is 6.42. The van der Waals surface area contributed by atoms with Crippen LogP contribution < -0.4 is 0 Å². The van der Waals surface area contributed by atoms with Gasteiger partial charge in [-0.3, -0.25) is 4.79 Å². The van der Waals surface area contributed by atoms with Crippen molar-refractivity contribution in [2.45, 2.75) is 13.3 Å². The molecular weight excluding hydrogens is 286 g/mol. The fourth-order valence-electron chi connectivity index (χ4n) is 1.81. The second kappa shape index (κ2) is 5.72. The molecule has 0 fully saturated rings. The number of carbonyl (C=O) groups is 1. The first-order valence-corrected chi connectivity index (χ1v) is 6.47. The molecule has 0 saturated carbocycles. The minimum absolute atomic E-state index is 0.0275. The van der Waals surface area contributed by atoms with E-state index in [-0.39, 0.29) is 17.8 Å². The molecule has 0 saturated heterocycles. The number of hydrogen-bond acceptors (Lipinski definition) is 1. The molecule has 0 bridgehead atoms. The maximum Gasteiger partial charge on any atom is 0.170 e. The SMILES string of the molecule is Cc1ccc(F)c(C(=O)Cc2cccc(Cl)c2Cl)c1. The number of rotatable bonds is 3. The molecule has 1 nitrogen and oxygen atoms in total. The van der Waals surface area contributed by atoms with E-state index in [9.17, 15) is 9.18 Å². The third kappa shape index (κ3) is 3.14. The molecule has 19 heavy (non-hydrogen) atoms. The van der Waals surface area contributed by atoms with Crippen molar-refractivity contribution in [3.8, 4) is 0 Å². The van der Waals surface area contributed by atoms with Crippen LogP contribution in [0, 0.1) is 12.7 Å². The fourth-order valence-corrected chi connectivity index (χ4v) is 2.19. The van der Waals surface area contributed by atoms with Crippen molar-refractivity contribution in [3.05, 3.63) is 69.0 Å². The molecule has 2 aromatic carbocycles. The summed E-state index contributed by atoms with van der Waals surface area (Å²) in [6, 6.07) is 9.52. The van der Waals surface area contributed by atoms with E-state index in [1.165, 1.54) is 12.1 Å². The molecule has 0 unspecified atom stereocenters. The van der Waals surface area contributed by atoms with Gasteiger partial charge in [-0.15, -0.1) is 0 Å². The van der Waals surface area contributed by atoms with E-state index < -0.39 is 5.82 Å². The van der Waals surface area contributed by atoms with Gasteiger partial charge in [-0.1, -0.05) is 47.0 Å². The van der Waals surface area contributed by atoms with Crippen molar-refractivity contribution in [3.63, 3.8) is 0 Å². The second-order valence-corrected chi connectivity index (χ2v) is 5.08. The predicted molar refractivity (Wildman–Crippen MR) is 75.6 cm³/mol. The Balaban J connectivity index is 2.31. The average Bonchev–Trinajstić information content (AvgIpc) is 2.38. The highest BCUT2D eigenvalue weighted by Crippen LogP contribution is 2.26. The lowest BCUT2D eigenvalue weighted by Gasteiger charge is -2.07. The quantitative estimate of drug-likeness (QED) is 0.739. The zero-order chi connectivity index (χ0) is 14.0. The molecule has 2 rings (SSSR count). The Morgan fingerprint density at radius 2 is 1.95 bits per heavy atom. The van der Waals surface area contributed by atoms with Gasteiger partial charge in [-0.2, -0.15) is 0 Å². The third-order valence-corrected chi connectivity index (χ3v) is 3.66. The van der Waals surface area contributed by atoms with Crippen molar-refractivity contribution in [1.29, 1.82) is 0 Å². The maximum atomic E-state index is 13.6. The fraction of sp³-hybridized carbons (Fsp3) is 0.133. The summed E-state index contributed by atoms with van der Waals surface area (Å²) < 4.78 is 13.6. The lowest BCUT2D eigenvalue weighted by molar-refractivity contribution is 0.0989. The molecule has 0 aromatic heterocycles. The summed E-state index contributed by atoms with van der Waals surface area (Å²) in [4.78, 5) is 12.1. The minimum Gasteiger partial charge on any atom is -0.294 e. The summed E-state index contributed by atoms with van der Waals surface area (Å²) in [5.74, 6) is -0.834. The third-order valence-electron chi connectivity index (χ3n) is 2.80. The number of Topliss-reactive ketones (excluding diaryl/α,β-unsaturated/α-hetero) is 1. The van der Waals surface area contributed by atoms with E-state index >= 15 is 0 Å². The van der Waals surface area contributed by atoms with Crippen LogP contribution in [0.25, 0.3) is 0 Å². The molecular formula is C15H11Cl2FO. The maximum absolute atomic E-state index is 13.6. The van der Waals surface area contributed by atoms with Crippen LogP contribution in [0.3, 0.4) is 0 Å². The monoisotopic (exact) mass is 296 g/mol. The topological polar surface area (TPSA) is 17.1 Å². The van der Waals surface area contributed by atoms with Gasteiger partial charge in [0.05, 0.1) is 15.6 Å². The van der Waals surface area contributed by atoms with Gasteiger partial charge in [-0.05, 0) is 30.7 Å². The minimum atomic E-state index is -0.520. The first-order valence-electron chi connectivity index (χ1n) is 5.71. The van der Waals surface area contributed by atoms with Crippen LogP contribution in [0.1, 0.15) is 21.5 Å². The summed E-state index contributed by atoms with van der Waals surface area (Å²) in [6.07, 6.45) is 0.0275. The van der Waals surface area contributed by atoms with Crippen molar-refractivity contribution >= 4 is 29.0 Å².